The fraction of sp³-hybridized carbons (Fsp3) is 0.211. The van der Waals surface area contributed by atoms with Crippen LogP contribution in [-0.2, 0) is 16.1 Å². The molecule has 0 aliphatic rings. The SMILES string of the molecule is CC(C)C(=O)Nc1cccc(NC(=O)Cn2nnc(-c3ccccc3)n2)c1. The fourth-order valence-corrected chi connectivity index (χ4v) is 2.30. The first kappa shape index (κ1) is 18.2. The summed E-state index contributed by atoms with van der Waals surface area (Å²) in [5.74, 6) is -0.0414. The molecule has 2 amide bonds. The number of carbonyl (C=O) groups is 2. The van der Waals surface area contributed by atoms with Crippen molar-refractivity contribution in [2.45, 2.75) is 20.4 Å². The zero-order valence-electron chi connectivity index (χ0n) is 15.1. The van der Waals surface area contributed by atoms with E-state index in [-0.39, 0.29) is 24.3 Å². The van der Waals surface area contributed by atoms with Crippen molar-refractivity contribution < 1.29 is 9.59 Å². The summed E-state index contributed by atoms with van der Waals surface area (Å²) < 4.78 is 0. The van der Waals surface area contributed by atoms with Crippen LogP contribution in [0.15, 0.2) is 54.6 Å². The van der Waals surface area contributed by atoms with E-state index in [9.17, 15) is 9.59 Å². The van der Waals surface area contributed by atoms with Crippen LogP contribution in [0.1, 0.15) is 13.8 Å². The third kappa shape index (κ3) is 4.97. The normalized spacial score (nSPS) is 10.6. The van der Waals surface area contributed by atoms with Crippen LogP contribution in [0.3, 0.4) is 0 Å². The fourth-order valence-electron chi connectivity index (χ4n) is 2.30. The largest absolute Gasteiger partial charge is 0.326 e. The molecule has 0 unspecified atom stereocenters. The van der Waals surface area contributed by atoms with Crippen molar-refractivity contribution in [3.63, 3.8) is 0 Å². The summed E-state index contributed by atoms with van der Waals surface area (Å²) in [5.41, 5.74) is 2.03. The number of anilines is 2. The van der Waals surface area contributed by atoms with Crippen molar-refractivity contribution in [3.05, 3.63) is 54.6 Å². The van der Waals surface area contributed by atoms with Gasteiger partial charge in [-0.15, -0.1) is 10.2 Å². The summed E-state index contributed by atoms with van der Waals surface area (Å²) >= 11 is 0. The lowest BCUT2D eigenvalue weighted by Crippen LogP contribution is -2.21. The van der Waals surface area contributed by atoms with Crippen LogP contribution in [0.4, 0.5) is 11.4 Å². The van der Waals surface area contributed by atoms with Gasteiger partial charge in [0.15, 0.2) is 0 Å². The molecule has 0 bridgehead atoms. The monoisotopic (exact) mass is 364 g/mol. The predicted octanol–water partition coefficient (Wildman–Crippen LogP) is 2.57. The number of benzene rings is 2. The van der Waals surface area contributed by atoms with Crippen LogP contribution in [-0.4, -0.2) is 32.0 Å². The van der Waals surface area contributed by atoms with Gasteiger partial charge >= 0.3 is 0 Å². The number of hydrogen-bond acceptors (Lipinski definition) is 5. The molecule has 0 radical (unpaired) electrons. The maximum Gasteiger partial charge on any atom is 0.248 e. The first-order valence-electron chi connectivity index (χ1n) is 8.55. The molecule has 0 aliphatic carbocycles. The average Bonchev–Trinajstić information content (AvgIpc) is 3.11. The summed E-state index contributed by atoms with van der Waals surface area (Å²) in [4.78, 5) is 25.3. The number of rotatable bonds is 6. The van der Waals surface area contributed by atoms with E-state index < -0.39 is 0 Å². The highest BCUT2D eigenvalue weighted by Gasteiger charge is 2.11. The minimum Gasteiger partial charge on any atom is -0.326 e. The number of nitrogens with one attached hydrogen (secondary N) is 2. The van der Waals surface area contributed by atoms with Gasteiger partial charge in [-0.25, -0.2) is 0 Å². The summed E-state index contributed by atoms with van der Waals surface area (Å²) in [6.07, 6.45) is 0. The second-order valence-electron chi connectivity index (χ2n) is 6.28. The molecule has 8 heteroatoms. The summed E-state index contributed by atoms with van der Waals surface area (Å²) in [6, 6.07) is 16.4. The van der Waals surface area contributed by atoms with E-state index in [0.29, 0.717) is 17.2 Å². The molecule has 0 saturated carbocycles. The third-order valence-corrected chi connectivity index (χ3v) is 3.71. The van der Waals surface area contributed by atoms with Gasteiger partial charge in [0.1, 0.15) is 6.54 Å². The highest BCUT2D eigenvalue weighted by molar-refractivity contribution is 5.94. The summed E-state index contributed by atoms with van der Waals surface area (Å²) in [7, 11) is 0. The van der Waals surface area contributed by atoms with Crippen LogP contribution in [0.2, 0.25) is 0 Å². The smallest absolute Gasteiger partial charge is 0.248 e. The highest BCUT2D eigenvalue weighted by Crippen LogP contribution is 2.16. The Bertz CT molecular complexity index is 936. The molecule has 2 aromatic carbocycles. The van der Waals surface area contributed by atoms with Crippen LogP contribution < -0.4 is 10.6 Å². The van der Waals surface area contributed by atoms with Crippen molar-refractivity contribution in [2.24, 2.45) is 5.92 Å². The lowest BCUT2D eigenvalue weighted by molar-refractivity contribution is -0.119. The highest BCUT2D eigenvalue weighted by atomic mass is 16.2. The Morgan fingerprint density at radius 1 is 1.00 bits per heavy atom. The van der Waals surface area contributed by atoms with Gasteiger partial charge in [0.05, 0.1) is 0 Å². The van der Waals surface area contributed by atoms with Crippen LogP contribution in [0.5, 0.6) is 0 Å². The van der Waals surface area contributed by atoms with Crippen LogP contribution in [0.25, 0.3) is 11.4 Å². The van der Waals surface area contributed by atoms with Gasteiger partial charge in [0, 0.05) is 22.9 Å². The van der Waals surface area contributed by atoms with Gasteiger partial charge in [0.2, 0.25) is 17.6 Å². The Balaban J connectivity index is 1.61. The minimum atomic E-state index is -0.292. The van der Waals surface area contributed by atoms with Gasteiger partial charge < -0.3 is 10.6 Å². The van der Waals surface area contributed by atoms with Crippen molar-refractivity contribution in [1.29, 1.82) is 0 Å². The molecular weight excluding hydrogens is 344 g/mol. The molecule has 0 spiro atoms. The second kappa shape index (κ2) is 8.22. The van der Waals surface area contributed by atoms with E-state index in [1.54, 1.807) is 24.3 Å². The summed E-state index contributed by atoms with van der Waals surface area (Å²) in [6.45, 7) is 3.56. The number of amides is 2. The molecule has 27 heavy (non-hydrogen) atoms. The molecule has 1 aromatic heterocycles. The maximum absolute atomic E-state index is 12.2. The Labute approximate surface area is 156 Å². The molecule has 0 fully saturated rings. The first-order valence-corrected chi connectivity index (χ1v) is 8.55. The van der Waals surface area contributed by atoms with E-state index in [2.05, 4.69) is 26.0 Å². The molecular formula is C19H20N6O2. The van der Waals surface area contributed by atoms with E-state index in [1.165, 1.54) is 4.80 Å². The summed E-state index contributed by atoms with van der Waals surface area (Å²) in [5, 5.41) is 17.6. The Kier molecular flexibility index (Phi) is 5.55. The van der Waals surface area contributed by atoms with Gasteiger partial charge in [-0.1, -0.05) is 50.2 Å². The van der Waals surface area contributed by atoms with Gasteiger partial charge in [0.25, 0.3) is 0 Å². The van der Waals surface area contributed by atoms with Crippen LogP contribution >= 0.6 is 0 Å². The lowest BCUT2D eigenvalue weighted by Gasteiger charge is -2.10. The topological polar surface area (TPSA) is 102 Å². The molecule has 0 saturated heterocycles. The molecule has 138 valence electrons. The zero-order chi connectivity index (χ0) is 19.2. The van der Waals surface area contributed by atoms with E-state index >= 15 is 0 Å². The average molecular weight is 364 g/mol. The molecule has 2 N–H and O–H groups in total. The number of carbonyl (C=O) groups excluding carboxylic acids is 2. The minimum absolute atomic E-state index is 0.0670. The van der Waals surface area contributed by atoms with Gasteiger partial charge in [-0.3, -0.25) is 9.59 Å². The van der Waals surface area contributed by atoms with E-state index in [0.717, 1.165) is 5.56 Å². The lowest BCUT2D eigenvalue weighted by atomic mass is 10.2. The van der Waals surface area contributed by atoms with Gasteiger partial charge in [-0.05, 0) is 23.4 Å². The quantitative estimate of drug-likeness (QED) is 0.700. The zero-order valence-corrected chi connectivity index (χ0v) is 15.1. The Hall–Kier alpha value is -3.55. The number of aromatic nitrogens is 4. The number of hydrogen-bond donors (Lipinski definition) is 2. The molecule has 3 aromatic rings. The molecule has 3 rings (SSSR count). The number of nitrogens with zero attached hydrogens (tertiary/aromatic N) is 4. The van der Waals surface area contributed by atoms with E-state index in [4.69, 9.17) is 0 Å². The molecule has 8 nitrogen and oxygen atoms in total. The molecule has 0 atom stereocenters. The number of tetrazole rings is 1. The maximum atomic E-state index is 12.2. The standard InChI is InChI=1S/C19H20N6O2/c1-13(2)19(27)21-16-10-6-9-15(11-16)20-17(26)12-25-23-18(22-24-25)14-7-4-3-5-8-14/h3-11,13H,12H2,1-2H3,(H,20,26)(H,21,27). The van der Waals surface area contributed by atoms with Crippen molar-refractivity contribution >= 4 is 23.2 Å². The Morgan fingerprint density at radius 3 is 2.41 bits per heavy atom. The van der Waals surface area contributed by atoms with E-state index in [1.807, 2.05) is 44.2 Å². The van der Waals surface area contributed by atoms with Crippen molar-refractivity contribution in [3.8, 4) is 11.4 Å². The van der Waals surface area contributed by atoms with Crippen molar-refractivity contribution in [1.82, 2.24) is 20.2 Å². The van der Waals surface area contributed by atoms with Crippen molar-refractivity contribution in [2.75, 3.05) is 10.6 Å². The Morgan fingerprint density at radius 2 is 1.70 bits per heavy atom. The molecule has 0 aliphatic heterocycles. The predicted molar refractivity (Wildman–Crippen MR) is 102 cm³/mol. The third-order valence-electron chi connectivity index (χ3n) is 3.71. The second-order valence-corrected chi connectivity index (χ2v) is 6.28. The molecule has 1 heterocycles. The van der Waals surface area contributed by atoms with Gasteiger partial charge in [-0.2, -0.15) is 4.80 Å². The van der Waals surface area contributed by atoms with Crippen LogP contribution in [0, 0.1) is 5.92 Å². The first-order chi connectivity index (χ1) is 13.0.